The molecule has 0 radical (unpaired) electrons. The molecule has 0 bridgehead atoms. The van der Waals surface area contributed by atoms with Gasteiger partial charge in [-0.3, -0.25) is 4.90 Å². The molecule has 1 aromatic rings. The highest BCUT2D eigenvalue weighted by Gasteiger charge is 2.31. The fourth-order valence-corrected chi connectivity index (χ4v) is 2.50. The maximum atomic E-state index is 12.1. The molecular formula is C14H19F3N2O. The second-order valence-corrected chi connectivity index (χ2v) is 4.94. The van der Waals surface area contributed by atoms with E-state index in [2.05, 4.69) is 28.8 Å². The Hall–Kier alpha value is -1.27. The Morgan fingerprint density at radius 2 is 1.90 bits per heavy atom. The number of halogens is 3. The number of likely N-dealkylation sites (N-methyl/N-ethyl adjacent to an activating group) is 1. The monoisotopic (exact) mass is 288 g/mol. The van der Waals surface area contributed by atoms with Crippen LogP contribution in [-0.4, -0.2) is 36.9 Å². The summed E-state index contributed by atoms with van der Waals surface area (Å²) in [6.45, 7) is 7.01. The van der Waals surface area contributed by atoms with Crippen molar-refractivity contribution in [3.8, 4) is 5.75 Å². The number of hydrogen-bond acceptors (Lipinski definition) is 3. The molecule has 0 saturated carbocycles. The zero-order chi connectivity index (χ0) is 14.8. The van der Waals surface area contributed by atoms with Gasteiger partial charge in [-0.1, -0.05) is 19.1 Å². The Kier molecular flexibility index (Phi) is 4.55. The molecule has 1 fully saturated rings. The van der Waals surface area contributed by atoms with Crippen molar-refractivity contribution >= 4 is 0 Å². The predicted molar refractivity (Wildman–Crippen MR) is 70.6 cm³/mol. The molecule has 1 N–H and O–H groups in total. The fourth-order valence-electron chi connectivity index (χ4n) is 2.50. The first-order valence-corrected chi connectivity index (χ1v) is 6.73. The third-order valence-electron chi connectivity index (χ3n) is 3.69. The summed E-state index contributed by atoms with van der Waals surface area (Å²) in [7, 11) is 0. The summed E-state index contributed by atoms with van der Waals surface area (Å²) in [6, 6.07) is 6.80. The Morgan fingerprint density at radius 1 is 1.30 bits per heavy atom. The highest BCUT2D eigenvalue weighted by atomic mass is 19.4. The number of ether oxygens (including phenoxy) is 1. The average Bonchev–Trinajstić information content (AvgIpc) is 2.31. The van der Waals surface area contributed by atoms with E-state index in [4.69, 9.17) is 0 Å². The molecule has 1 unspecified atom stereocenters. The Labute approximate surface area is 116 Å². The van der Waals surface area contributed by atoms with Gasteiger partial charge in [0, 0.05) is 25.2 Å². The van der Waals surface area contributed by atoms with Gasteiger partial charge >= 0.3 is 6.36 Å². The fraction of sp³-hybridized carbons (Fsp3) is 0.571. The van der Waals surface area contributed by atoms with Gasteiger partial charge in [0.15, 0.2) is 0 Å². The van der Waals surface area contributed by atoms with Crippen LogP contribution in [0.3, 0.4) is 0 Å². The molecule has 1 aliphatic rings. The maximum Gasteiger partial charge on any atom is 0.573 e. The van der Waals surface area contributed by atoms with E-state index in [1.165, 1.54) is 12.1 Å². The molecule has 6 heteroatoms. The molecule has 1 aliphatic heterocycles. The van der Waals surface area contributed by atoms with Crippen molar-refractivity contribution in [3.05, 3.63) is 29.8 Å². The highest BCUT2D eigenvalue weighted by molar-refractivity contribution is 5.29. The topological polar surface area (TPSA) is 24.5 Å². The van der Waals surface area contributed by atoms with E-state index in [0.717, 1.165) is 25.2 Å². The van der Waals surface area contributed by atoms with Crippen molar-refractivity contribution in [2.45, 2.75) is 32.3 Å². The van der Waals surface area contributed by atoms with Crippen molar-refractivity contribution in [1.29, 1.82) is 0 Å². The molecule has 1 saturated heterocycles. The standard InChI is InChI=1S/C14H19F3N2O/c1-3-19(12-8-18-9-12)10(2)11-4-6-13(7-5-11)20-14(15,16)17/h4-7,10,12,18H,3,8-9H2,1-2H3. The van der Waals surface area contributed by atoms with Gasteiger partial charge in [0.25, 0.3) is 0 Å². The van der Waals surface area contributed by atoms with Crippen LogP contribution in [0.1, 0.15) is 25.5 Å². The van der Waals surface area contributed by atoms with E-state index in [-0.39, 0.29) is 11.8 Å². The first-order valence-electron chi connectivity index (χ1n) is 6.73. The number of alkyl halides is 3. The normalized spacial score (nSPS) is 17.9. The summed E-state index contributed by atoms with van der Waals surface area (Å²) in [4.78, 5) is 2.34. The molecule has 1 atom stereocenters. The lowest BCUT2D eigenvalue weighted by Crippen LogP contribution is -2.57. The van der Waals surface area contributed by atoms with Crippen LogP contribution >= 0.6 is 0 Å². The molecule has 0 amide bonds. The van der Waals surface area contributed by atoms with Crippen LogP contribution in [0, 0.1) is 0 Å². The first kappa shape index (κ1) is 15.1. The quantitative estimate of drug-likeness (QED) is 0.901. The van der Waals surface area contributed by atoms with Crippen LogP contribution in [0.4, 0.5) is 13.2 Å². The van der Waals surface area contributed by atoms with E-state index in [1.54, 1.807) is 12.1 Å². The lowest BCUT2D eigenvalue weighted by Gasteiger charge is -2.41. The van der Waals surface area contributed by atoms with Crippen LogP contribution in [-0.2, 0) is 0 Å². The molecule has 2 rings (SSSR count). The number of benzene rings is 1. The molecule has 3 nitrogen and oxygen atoms in total. The molecule has 0 aromatic heterocycles. The lowest BCUT2D eigenvalue weighted by atomic mass is 10.0. The van der Waals surface area contributed by atoms with Crippen LogP contribution in [0.2, 0.25) is 0 Å². The minimum Gasteiger partial charge on any atom is -0.406 e. The van der Waals surface area contributed by atoms with Crippen LogP contribution in [0.25, 0.3) is 0 Å². The van der Waals surface area contributed by atoms with E-state index in [0.29, 0.717) is 6.04 Å². The van der Waals surface area contributed by atoms with Gasteiger partial charge in [-0.05, 0) is 31.2 Å². The Balaban J connectivity index is 2.04. The minimum atomic E-state index is -4.64. The third-order valence-corrected chi connectivity index (χ3v) is 3.69. The maximum absolute atomic E-state index is 12.1. The number of hydrogen-bond donors (Lipinski definition) is 1. The van der Waals surface area contributed by atoms with E-state index in [9.17, 15) is 13.2 Å². The zero-order valence-corrected chi connectivity index (χ0v) is 11.6. The van der Waals surface area contributed by atoms with Gasteiger partial charge in [0.05, 0.1) is 0 Å². The molecule has 1 heterocycles. The van der Waals surface area contributed by atoms with Gasteiger partial charge < -0.3 is 10.1 Å². The Morgan fingerprint density at radius 3 is 2.30 bits per heavy atom. The summed E-state index contributed by atoms with van der Waals surface area (Å²) >= 11 is 0. The number of nitrogens with zero attached hydrogens (tertiary/aromatic N) is 1. The molecule has 1 aromatic carbocycles. The average molecular weight is 288 g/mol. The summed E-state index contributed by atoms with van der Waals surface area (Å²) in [5.41, 5.74) is 0.994. The van der Waals surface area contributed by atoms with E-state index >= 15 is 0 Å². The number of rotatable bonds is 5. The highest BCUT2D eigenvalue weighted by Crippen LogP contribution is 2.27. The lowest BCUT2D eigenvalue weighted by molar-refractivity contribution is -0.274. The molecule has 112 valence electrons. The molecule has 0 spiro atoms. The summed E-state index contributed by atoms with van der Waals surface area (Å²) < 4.78 is 40.2. The molecular weight excluding hydrogens is 269 g/mol. The summed E-state index contributed by atoms with van der Waals surface area (Å²) in [5, 5.41) is 3.23. The molecule has 0 aliphatic carbocycles. The minimum absolute atomic E-state index is 0.173. The third kappa shape index (κ3) is 3.64. The van der Waals surface area contributed by atoms with E-state index < -0.39 is 6.36 Å². The molecule has 20 heavy (non-hydrogen) atoms. The summed E-state index contributed by atoms with van der Waals surface area (Å²) in [5.74, 6) is -0.179. The van der Waals surface area contributed by atoms with Crippen molar-refractivity contribution in [3.63, 3.8) is 0 Å². The Bertz CT molecular complexity index is 429. The van der Waals surface area contributed by atoms with Crippen molar-refractivity contribution in [2.24, 2.45) is 0 Å². The second-order valence-electron chi connectivity index (χ2n) is 4.94. The van der Waals surface area contributed by atoms with Gasteiger partial charge in [0.1, 0.15) is 5.75 Å². The van der Waals surface area contributed by atoms with Crippen molar-refractivity contribution in [2.75, 3.05) is 19.6 Å². The van der Waals surface area contributed by atoms with Crippen LogP contribution in [0.15, 0.2) is 24.3 Å². The smallest absolute Gasteiger partial charge is 0.406 e. The predicted octanol–water partition coefficient (Wildman–Crippen LogP) is 2.94. The van der Waals surface area contributed by atoms with Crippen molar-refractivity contribution in [1.82, 2.24) is 10.2 Å². The second kappa shape index (κ2) is 6.01. The number of nitrogens with one attached hydrogen (secondary N) is 1. The van der Waals surface area contributed by atoms with Gasteiger partial charge in [-0.2, -0.15) is 0 Å². The van der Waals surface area contributed by atoms with Crippen molar-refractivity contribution < 1.29 is 17.9 Å². The first-order chi connectivity index (χ1) is 9.40. The SMILES string of the molecule is CCN(C1CNC1)C(C)c1ccc(OC(F)(F)F)cc1. The van der Waals surface area contributed by atoms with Crippen LogP contribution < -0.4 is 10.1 Å². The van der Waals surface area contributed by atoms with Gasteiger partial charge in [-0.15, -0.1) is 13.2 Å². The van der Waals surface area contributed by atoms with Gasteiger partial charge in [-0.25, -0.2) is 0 Å². The van der Waals surface area contributed by atoms with Crippen LogP contribution in [0.5, 0.6) is 5.75 Å². The van der Waals surface area contributed by atoms with E-state index in [1.807, 2.05) is 0 Å². The largest absolute Gasteiger partial charge is 0.573 e. The zero-order valence-electron chi connectivity index (χ0n) is 11.6. The van der Waals surface area contributed by atoms with Gasteiger partial charge in [0.2, 0.25) is 0 Å². The summed E-state index contributed by atoms with van der Waals surface area (Å²) in [6.07, 6.45) is -4.64.